The molecule has 4 nitrogen and oxygen atoms in total. The highest BCUT2D eigenvalue weighted by molar-refractivity contribution is 7.88. The fraction of sp³-hybridized carbons (Fsp3) is 0.571. The van der Waals surface area contributed by atoms with Crippen LogP contribution in [-0.2, 0) is 22.4 Å². The molecule has 108 valence electrons. The van der Waals surface area contributed by atoms with Crippen molar-refractivity contribution in [2.75, 3.05) is 13.6 Å². The summed E-state index contributed by atoms with van der Waals surface area (Å²) in [4.78, 5) is 0. The fourth-order valence-electron chi connectivity index (χ4n) is 1.90. The van der Waals surface area contributed by atoms with Crippen LogP contribution in [-0.4, -0.2) is 31.4 Å². The normalized spacial score (nSPS) is 12.9. The first kappa shape index (κ1) is 16.1. The Bertz CT molecular complexity index is 518. The van der Waals surface area contributed by atoms with Crippen molar-refractivity contribution in [3.05, 3.63) is 35.4 Å². The van der Waals surface area contributed by atoms with Gasteiger partial charge in [-0.3, -0.25) is 0 Å². The van der Waals surface area contributed by atoms with E-state index in [1.807, 2.05) is 20.8 Å². The van der Waals surface area contributed by atoms with E-state index >= 15 is 0 Å². The van der Waals surface area contributed by atoms with Gasteiger partial charge < -0.3 is 5.11 Å². The maximum absolute atomic E-state index is 12.2. The van der Waals surface area contributed by atoms with Crippen LogP contribution in [0.4, 0.5) is 0 Å². The van der Waals surface area contributed by atoms with E-state index in [0.717, 1.165) is 5.56 Å². The average molecular weight is 285 g/mol. The monoisotopic (exact) mass is 285 g/mol. The molecule has 19 heavy (non-hydrogen) atoms. The summed E-state index contributed by atoms with van der Waals surface area (Å²) in [6.45, 7) is 6.42. The molecule has 0 aliphatic rings. The molecule has 0 bridgehead atoms. The maximum atomic E-state index is 12.2. The highest BCUT2D eigenvalue weighted by Gasteiger charge is 2.23. The van der Waals surface area contributed by atoms with Crippen molar-refractivity contribution in [3.8, 4) is 0 Å². The van der Waals surface area contributed by atoms with Crippen LogP contribution in [0, 0.1) is 5.41 Å². The summed E-state index contributed by atoms with van der Waals surface area (Å²) in [5, 5.41) is 9.06. The summed E-state index contributed by atoms with van der Waals surface area (Å²) < 4.78 is 25.9. The number of hydrogen-bond donors (Lipinski definition) is 1. The number of nitrogens with zero attached hydrogens (tertiary/aromatic N) is 1. The molecule has 0 aliphatic carbocycles. The Labute approximate surface area is 116 Å². The topological polar surface area (TPSA) is 57.6 Å². The Kier molecular flexibility index (Phi) is 5.12. The van der Waals surface area contributed by atoms with Crippen molar-refractivity contribution in [1.82, 2.24) is 4.31 Å². The summed E-state index contributed by atoms with van der Waals surface area (Å²) in [5.74, 6) is -0.0343. The molecule has 0 heterocycles. The van der Waals surface area contributed by atoms with Crippen molar-refractivity contribution in [2.24, 2.45) is 5.41 Å². The minimum absolute atomic E-state index is 0.0343. The van der Waals surface area contributed by atoms with Gasteiger partial charge in [-0.1, -0.05) is 45.0 Å². The molecule has 0 fully saturated rings. The molecule has 0 spiro atoms. The molecule has 1 rings (SSSR count). The summed E-state index contributed by atoms with van der Waals surface area (Å²) in [6, 6.07) is 7.03. The highest BCUT2D eigenvalue weighted by Crippen LogP contribution is 2.18. The van der Waals surface area contributed by atoms with Crippen molar-refractivity contribution in [3.63, 3.8) is 0 Å². The van der Waals surface area contributed by atoms with Gasteiger partial charge in [-0.15, -0.1) is 0 Å². The van der Waals surface area contributed by atoms with Crippen molar-refractivity contribution < 1.29 is 13.5 Å². The van der Waals surface area contributed by atoms with Crippen LogP contribution < -0.4 is 0 Å². The second-order valence-electron chi connectivity index (χ2n) is 6.05. The molecule has 0 radical (unpaired) electrons. The molecule has 0 saturated carbocycles. The lowest BCUT2D eigenvalue weighted by molar-refractivity contribution is 0.281. The Morgan fingerprint density at radius 3 is 2.32 bits per heavy atom. The van der Waals surface area contributed by atoms with E-state index in [1.165, 1.54) is 4.31 Å². The van der Waals surface area contributed by atoms with Crippen LogP contribution >= 0.6 is 0 Å². The van der Waals surface area contributed by atoms with E-state index < -0.39 is 10.0 Å². The summed E-state index contributed by atoms with van der Waals surface area (Å²) in [6.07, 6.45) is 0. The lowest BCUT2D eigenvalue weighted by Gasteiger charge is -2.26. The summed E-state index contributed by atoms with van der Waals surface area (Å²) in [5.41, 5.74) is 1.35. The quantitative estimate of drug-likeness (QED) is 0.900. The third-order valence-electron chi connectivity index (χ3n) is 2.69. The first-order valence-corrected chi connectivity index (χ1v) is 7.88. The fourth-order valence-corrected chi connectivity index (χ4v) is 3.31. The zero-order chi connectivity index (χ0) is 14.7. The number of benzene rings is 1. The van der Waals surface area contributed by atoms with E-state index in [0.29, 0.717) is 12.1 Å². The van der Waals surface area contributed by atoms with Gasteiger partial charge in [-0.25, -0.2) is 12.7 Å². The van der Waals surface area contributed by atoms with Gasteiger partial charge in [-0.2, -0.15) is 0 Å². The zero-order valence-electron chi connectivity index (χ0n) is 12.0. The van der Waals surface area contributed by atoms with Crippen molar-refractivity contribution in [1.29, 1.82) is 0 Å². The SMILES string of the molecule is CN(CC(C)(C)C)S(=O)(=O)Cc1cccc(CO)c1. The molecular weight excluding hydrogens is 262 g/mol. The first-order valence-electron chi connectivity index (χ1n) is 6.27. The van der Waals surface area contributed by atoms with Gasteiger partial charge in [0.15, 0.2) is 0 Å². The highest BCUT2D eigenvalue weighted by atomic mass is 32.2. The van der Waals surface area contributed by atoms with Crippen LogP contribution in [0.3, 0.4) is 0 Å². The molecule has 1 N–H and O–H groups in total. The lowest BCUT2D eigenvalue weighted by Crippen LogP contribution is -2.35. The smallest absolute Gasteiger partial charge is 0.218 e. The zero-order valence-corrected chi connectivity index (χ0v) is 12.9. The van der Waals surface area contributed by atoms with Gasteiger partial charge in [0.25, 0.3) is 0 Å². The van der Waals surface area contributed by atoms with Crippen molar-refractivity contribution >= 4 is 10.0 Å². The number of aliphatic hydroxyl groups is 1. The van der Waals surface area contributed by atoms with E-state index in [2.05, 4.69) is 0 Å². The third-order valence-corrected chi connectivity index (χ3v) is 4.47. The first-order chi connectivity index (χ1) is 8.64. The average Bonchev–Trinajstić information content (AvgIpc) is 2.26. The number of hydrogen-bond acceptors (Lipinski definition) is 3. The minimum atomic E-state index is -3.32. The van der Waals surface area contributed by atoms with E-state index in [-0.39, 0.29) is 17.8 Å². The number of aliphatic hydroxyl groups excluding tert-OH is 1. The van der Waals surface area contributed by atoms with E-state index in [4.69, 9.17) is 5.11 Å². The lowest BCUT2D eigenvalue weighted by atomic mass is 9.97. The van der Waals surface area contributed by atoms with Crippen LogP contribution in [0.15, 0.2) is 24.3 Å². The van der Waals surface area contributed by atoms with Gasteiger partial charge in [-0.05, 0) is 16.5 Å². The molecular formula is C14H23NO3S. The van der Waals surface area contributed by atoms with Gasteiger partial charge in [0.05, 0.1) is 12.4 Å². The predicted molar refractivity (Wildman–Crippen MR) is 77.1 cm³/mol. The molecule has 1 aromatic rings. The van der Waals surface area contributed by atoms with Crippen LogP contribution in [0.25, 0.3) is 0 Å². The second-order valence-corrected chi connectivity index (χ2v) is 8.13. The van der Waals surface area contributed by atoms with E-state index in [1.54, 1.807) is 31.3 Å². The Morgan fingerprint density at radius 2 is 1.79 bits per heavy atom. The maximum Gasteiger partial charge on any atom is 0.218 e. The molecule has 0 unspecified atom stereocenters. The molecule has 5 heteroatoms. The van der Waals surface area contributed by atoms with Gasteiger partial charge in [0, 0.05) is 13.6 Å². The molecule has 1 aromatic carbocycles. The molecule has 0 saturated heterocycles. The summed E-state index contributed by atoms with van der Waals surface area (Å²) in [7, 11) is -1.71. The largest absolute Gasteiger partial charge is 0.392 e. The van der Waals surface area contributed by atoms with Gasteiger partial charge >= 0.3 is 0 Å². The van der Waals surface area contributed by atoms with Crippen LogP contribution in [0.1, 0.15) is 31.9 Å². The Morgan fingerprint density at radius 1 is 1.21 bits per heavy atom. The Hall–Kier alpha value is -0.910. The molecule has 0 atom stereocenters. The van der Waals surface area contributed by atoms with E-state index in [9.17, 15) is 8.42 Å². The predicted octanol–water partition coefficient (Wildman–Crippen LogP) is 1.99. The Balaban J connectivity index is 2.84. The van der Waals surface area contributed by atoms with Gasteiger partial charge in [0.1, 0.15) is 0 Å². The third kappa shape index (κ3) is 5.30. The van der Waals surface area contributed by atoms with Crippen LogP contribution in [0.2, 0.25) is 0 Å². The van der Waals surface area contributed by atoms with Crippen LogP contribution in [0.5, 0.6) is 0 Å². The number of sulfonamides is 1. The number of rotatable bonds is 5. The molecule has 0 aliphatic heterocycles. The standard InChI is InChI=1S/C14H23NO3S/c1-14(2,3)11-15(4)19(17,18)10-13-7-5-6-12(8-13)9-16/h5-8,16H,9-11H2,1-4H3. The minimum Gasteiger partial charge on any atom is -0.392 e. The summed E-state index contributed by atoms with van der Waals surface area (Å²) >= 11 is 0. The molecule has 0 amide bonds. The van der Waals surface area contributed by atoms with Gasteiger partial charge in [0.2, 0.25) is 10.0 Å². The molecule has 0 aromatic heterocycles. The van der Waals surface area contributed by atoms with Crippen molar-refractivity contribution in [2.45, 2.75) is 33.1 Å². The second kappa shape index (κ2) is 6.03.